The molecule has 9 heteroatoms. The van der Waals surface area contributed by atoms with Gasteiger partial charge in [-0.3, -0.25) is 14.4 Å². The fraction of sp³-hybridized carbons (Fsp3) is 0.158. The van der Waals surface area contributed by atoms with Gasteiger partial charge >= 0.3 is 5.97 Å². The molecule has 3 rings (SSSR count). The molecule has 0 spiro atoms. The molecule has 0 saturated heterocycles. The molecule has 2 amide bonds. The number of hydrogen-bond acceptors (Lipinski definition) is 6. The highest BCUT2D eigenvalue weighted by Gasteiger charge is 2.14. The highest BCUT2D eigenvalue weighted by atomic mass is 19.1. The quantitative estimate of drug-likeness (QED) is 0.600. The number of anilines is 1. The van der Waals surface area contributed by atoms with Gasteiger partial charge in [-0.15, -0.1) is 0 Å². The van der Waals surface area contributed by atoms with Crippen LogP contribution in [-0.2, 0) is 25.5 Å². The summed E-state index contributed by atoms with van der Waals surface area (Å²) in [6.07, 6.45) is -0.144. The van der Waals surface area contributed by atoms with E-state index in [1.165, 1.54) is 24.3 Å². The number of amides is 2. The molecule has 8 nitrogen and oxygen atoms in total. The fourth-order valence-corrected chi connectivity index (χ4v) is 2.37. The average Bonchev–Trinajstić information content (AvgIpc) is 3.09. The lowest BCUT2D eigenvalue weighted by atomic mass is 10.2. The van der Waals surface area contributed by atoms with Crippen molar-refractivity contribution in [3.63, 3.8) is 0 Å². The molecule has 0 atom stereocenters. The number of nitrogens with one attached hydrogen (secondary N) is 2. The Morgan fingerprint density at radius 3 is 2.57 bits per heavy atom. The summed E-state index contributed by atoms with van der Waals surface area (Å²) in [6.45, 7) is -0.847. The third-order valence-corrected chi connectivity index (χ3v) is 3.70. The number of carbonyl (C=O) groups is 3. The molecule has 0 radical (unpaired) electrons. The molecule has 1 heterocycles. The normalized spacial score (nSPS) is 10.5. The van der Waals surface area contributed by atoms with Crippen LogP contribution in [0, 0.1) is 5.82 Å². The molecule has 1 aromatic heterocycles. The van der Waals surface area contributed by atoms with Gasteiger partial charge in [0.1, 0.15) is 11.5 Å². The van der Waals surface area contributed by atoms with Crippen LogP contribution in [0.5, 0.6) is 0 Å². The average molecular weight is 385 g/mol. The van der Waals surface area contributed by atoms with Crippen molar-refractivity contribution in [2.24, 2.45) is 0 Å². The fourth-order valence-electron chi connectivity index (χ4n) is 2.37. The topological polar surface area (TPSA) is 111 Å². The number of hydrogen-bond donors (Lipinski definition) is 2. The van der Waals surface area contributed by atoms with Gasteiger partial charge in [0, 0.05) is 11.1 Å². The minimum Gasteiger partial charge on any atom is -0.455 e. The molecular formula is C19H16FN3O5. The lowest BCUT2D eigenvalue weighted by Crippen LogP contribution is -2.35. The summed E-state index contributed by atoms with van der Waals surface area (Å²) in [6, 6.07) is 12.2. The predicted molar refractivity (Wildman–Crippen MR) is 96.7 cm³/mol. The van der Waals surface area contributed by atoms with Crippen LogP contribution in [0.2, 0.25) is 0 Å². The van der Waals surface area contributed by atoms with Gasteiger partial charge in [-0.2, -0.15) is 0 Å². The molecule has 0 aliphatic heterocycles. The Morgan fingerprint density at radius 2 is 1.79 bits per heavy atom. The molecule has 2 aromatic carbocycles. The summed E-state index contributed by atoms with van der Waals surface area (Å²) in [4.78, 5) is 35.3. The molecule has 3 aromatic rings. The van der Waals surface area contributed by atoms with Crippen LogP contribution in [0.3, 0.4) is 0 Å². The third kappa shape index (κ3) is 5.13. The summed E-state index contributed by atoms with van der Waals surface area (Å²) in [7, 11) is 0. The molecule has 0 saturated carbocycles. The van der Waals surface area contributed by atoms with E-state index < -0.39 is 30.2 Å². The molecule has 2 N–H and O–H groups in total. The first kappa shape index (κ1) is 19.0. The Morgan fingerprint density at radius 1 is 1.04 bits per heavy atom. The zero-order valence-corrected chi connectivity index (χ0v) is 14.6. The minimum atomic E-state index is -0.648. The van der Waals surface area contributed by atoms with E-state index in [1.807, 2.05) is 0 Å². The van der Waals surface area contributed by atoms with Crippen molar-refractivity contribution in [3.05, 3.63) is 60.0 Å². The largest absolute Gasteiger partial charge is 0.455 e. The number of aromatic nitrogens is 1. The van der Waals surface area contributed by atoms with Crippen molar-refractivity contribution in [2.45, 2.75) is 6.42 Å². The van der Waals surface area contributed by atoms with Crippen molar-refractivity contribution >= 4 is 34.4 Å². The zero-order valence-electron chi connectivity index (χ0n) is 14.6. The Hall–Kier alpha value is -3.75. The van der Waals surface area contributed by atoms with Crippen molar-refractivity contribution in [1.82, 2.24) is 10.5 Å². The lowest BCUT2D eigenvalue weighted by Gasteiger charge is -2.07. The van der Waals surface area contributed by atoms with E-state index in [-0.39, 0.29) is 13.0 Å². The number of nitrogens with zero attached hydrogens (tertiary/aromatic N) is 1. The van der Waals surface area contributed by atoms with Crippen LogP contribution in [-0.4, -0.2) is 36.1 Å². The monoisotopic (exact) mass is 385 g/mol. The summed E-state index contributed by atoms with van der Waals surface area (Å²) in [5.74, 6) is -2.20. The van der Waals surface area contributed by atoms with Crippen molar-refractivity contribution in [1.29, 1.82) is 0 Å². The lowest BCUT2D eigenvalue weighted by molar-refractivity contribution is -0.148. The van der Waals surface area contributed by atoms with Crippen molar-refractivity contribution in [2.75, 3.05) is 18.5 Å². The predicted octanol–water partition coefficient (Wildman–Crippen LogP) is 1.81. The van der Waals surface area contributed by atoms with Gasteiger partial charge in [-0.05, 0) is 36.4 Å². The van der Waals surface area contributed by atoms with Crippen molar-refractivity contribution < 1.29 is 28.0 Å². The molecule has 0 unspecified atom stereocenters. The van der Waals surface area contributed by atoms with Crippen LogP contribution in [0.1, 0.15) is 5.69 Å². The maximum absolute atomic E-state index is 12.8. The van der Waals surface area contributed by atoms with Gasteiger partial charge < -0.3 is 19.9 Å². The number of ether oxygens (including phenoxy) is 1. The first-order valence-corrected chi connectivity index (χ1v) is 8.32. The van der Waals surface area contributed by atoms with E-state index in [0.717, 1.165) is 0 Å². The van der Waals surface area contributed by atoms with Crippen LogP contribution in [0.25, 0.3) is 11.0 Å². The standard InChI is InChI=1S/C19H16FN3O5/c20-12-5-7-13(8-6-12)22-17(24)10-21-18(25)11-27-19(26)9-15-14-3-1-2-4-16(14)28-23-15/h1-8H,9-11H2,(H,21,25)(H,22,24). The molecule has 0 aliphatic carbocycles. The molecule has 0 aliphatic rings. The van der Waals surface area contributed by atoms with E-state index in [0.29, 0.717) is 22.4 Å². The first-order chi connectivity index (χ1) is 13.5. The van der Waals surface area contributed by atoms with E-state index in [4.69, 9.17) is 9.26 Å². The smallest absolute Gasteiger partial charge is 0.312 e. The maximum Gasteiger partial charge on any atom is 0.312 e. The number of para-hydroxylation sites is 1. The van der Waals surface area contributed by atoms with E-state index in [9.17, 15) is 18.8 Å². The van der Waals surface area contributed by atoms with Gasteiger partial charge in [-0.25, -0.2) is 4.39 Å². The number of halogens is 1. The van der Waals surface area contributed by atoms with E-state index in [2.05, 4.69) is 15.8 Å². The molecule has 144 valence electrons. The highest BCUT2D eigenvalue weighted by Crippen LogP contribution is 2.18. The Labute approximate surface area is 158 Å². The van der Waals surface area contributed by atoms with Crippen LogP contribution < -0.4 is 10.6 Å². The second kappa shape index (κ2) is 8.76. The number of carbonyl (C=O) groups excluding carboxylic acids is 3. The Bertz CT molecular complexity index is 1000. The zero-order chi connectivity index (χ0) is 19.9. The van der Waals surface area contributed by atoms with Crippen LogP contribution >= 0.6 is 0 Å². The molecule has 0 bridgehead atoms. The van der Waals surface area contributed by atoms with Gasteiger partial charge in [0.15, 0.2) is 12.2 Å². The van der Waals surface area contributed by atoms with Gasteiger partial charge in [0.25, 0.3) is 5.91 Å². The van der Waals surface area contributed by atoms with Gasteiger partial charge in [0.05, 0.1) is 13.0 Å². The van der Waals surface area contributed by atoms with Gasteiger partial charge in [0.2, 0.25) is 5.91 Å². The number of benzene rings is 2. The molecule has 28 heavy (non-hydrogen) atoms. The van der Waals surface area contributed by atoms with Crippen LogP contribution in [0.15, 0.2) is 53.1 Å². The van der Waals surface area contributed by atoms with E-state index in [1.54, 1.807) is 24.3 Å². The number of esters is 1. The molecular weight excluding hydrogens is 369 g/mol. The Balaban J connectivity index is 1.39. The SMILES string of the molecule is O=C(COC(=O)Cc1noc2ccccc12)NCC(=O)Nc1ccc(F)cc1. The van der Waals surface area contributed by atoms with E-state index >= 15 is 0 Å². The molecule has 0 fully saturated rings. The van der Waals surface area contributed by atoms with Crippen LogP contribution in [0.4, 0.5) is 10.1 Å². The summed E-state index contributed by atoms with van der Waals surface area (Å²) in [5.41, 5.74) is 1.36. The maximum atomic E-state index is 12.8. The number of fused-ring (bicyclic) bond motifs is 1. The first-order valence-electron chi connectivity index (χ1n) is 8.32. The minimum absolute atomic E-state index is 0.144. The second-order valence-corrected chi connectivity index (χ2v) is 5.79. The summed E-state index contributed by atoms with van der Waals surface area (Å²) in [5, 5.41) is 9.32. The number of rotatable bonds is 7. The third-order valence-electron chi connectivity index (χ3n) is 3.70. The summed E-state index contributed by atoms with van der Waals surface area (Å²) >= 11 is 0. The van der Waals surface area contributed by atoms with Gasteiger partial charge in [-0.1, -0.05) is 17.3 Å². The van der Waals surface area contributed by atoms with Crippen molar-refractivity contribution in [3.8, 4) is 0 Å². The Kier molecular flexibility index (Phi) is 5.95. The second-order valence-electron chi connectivity index (χ2n) is 5.79. The summed E-state index contributed by atoms with van der Waals surface area (Å²) < 4.78 is 22.8. The highest BCUT2D eigenvalue weighted by molar-refractivity contribution is 5.94.